The van der Waals surface area contributed by atoms with Crippen LogP contribution in [0.15, 0.2) is 54.6 Å². The Hall–Kier alpha value is -3.31. The highest BCUT2D eigenvalue weighted by atomic mass is 35.5. The van der Waals surface area contributed by atoms with Crippen LogP contribution in [0, 0.1) is 27.7 Å². The van der Waals surface area contributed by atoms with Gasteiger partial charge in [0.25, 0.3) is 0 Å². The second kappa shape index (κ2) is 9.38. The van der Waals surface area contributed by atoms with Crippen molar-refractivity contribution in [3.8, 4) is 5.75 Å². The third kappa shape index (κ3) is 4.65. The number of imidazole rings is 1. The van der Waals surface area contributed by atoms with E-state index in [2.05, 4.69) is 42.7 Å². The molecule has 1 atom stereocenters. The Morgan fingerprint density at radius 3 is 2.40 bits per heavy atom. The highest BCUT2D eigenvalue weighted by Gasteiger charge is 2.35. The number of carbonyl (C=O) groups excluding carboxylic acids is 1. The number of amides is 1. The molecule has 0 saturated carbocycles. The number of para-hydroxylation sites is 2. The zero-order valence-electron chi connectivity index (χ0n) is 20.6. The van der Waals surface area contributed by atoms with Crippen molar-refractivity contribution in [2.75, 3.05) is 18.1 Å². The van der Waals surface area contributed by atoms with Gasteiger partial charge in [-0.2, -0.15) is 0 Å². The van der Waals surface area contributed by atoms with Crippen molar-refractivity contribution in [3.63, 3.8) is 0 Å². The van der Waals surface area contributed by atoms with Crippen molar-refractivity contribution in [1.82, 2.24) is 9.55 Å². The highest BCUT2D eigenvalue weighted by molar-refractivity contribution is 6.32. The van der Waals surface area contributed by atoms with E-state index >= 15 is 0 Å². The molecule has 180 valence electrons. The molecule has 0 spiro atoms. The number of carbonyl (C=O) groups is 1. The fourth-order valence-electron chi connectivity index (χ4n) is 5.12. The molecule has 1 saturated heterocycles. The van der Waals surface area contributed by atoms with Crippen molar-refractivity contribution in [2.24, 2.45) is 0 Å². The van der Waals surface area contributed by atoms with Gasteiger partial charge < -0.3 is 14.2 Å². The van der Waals surface area contributed by atoms with E-state index in [0.717, 1.165) is 55.6 Å². The maximum absolute atomic E-state index is 13.1. The van der Waals surface area contributed by atoms with Crippen LogP contribution in [-0.2, 0) is 11.3 Å². The quantitative estimate of drug-likeness (QED) is 0.311. The molecule has 35 heavy (non-hydrogen) atoms. The lowest BCUT2D eigenvalue weighted by Gasteiger charge is -2.19. The number of anilines is 1. The maximum Gasteiger partial charge on any atom is 0.227 e. The lowest BCUT2D eigenvalue weighted by molar-refractivity contribution is -0.117. The summed E-state index contributed by atoms with van der Waals surface area (Å²) in [7, 11) is 0. The zero-order chi connectivity index (χ0) is 24.7. The maximum atomic E-state index is 13.1. The van der Waals surface area contributed by atoms with Gasteiger partial charge >= 0.3 is 0 Å². The summed E-state index contributed by atoms with van der Waals surface area (Å²) in [5.74, 6) is 1.92. The van der Waals surface area contributed by atoms with Crippen molar-refractivity contribution < 1.29 is 9.53 Å². The van der Waals surface area contributed by atoms with E-state index in [-0.39, 0.29) is 11.8 Å². The summed E-state index contributed by atoms with van der Waals surface area (Å²) in [6.45, 7) is 9.88. The van der Waals surface area contributed by atoms with Crippen LogP contribution in [0.1, 0.15) is 40.4 Å². The first-order chi connectivity index (χ1) is 16.8. The van der Waals surface area contributed by atoms with Crippen molar-refractivity contribution in [1.29, 1.82) is 0 Å². The van der Waals surface area contributed by atoms with Crippen LogP contribution in [0.4, 0.5) is 5.69 Å². The van der Waals surface area contributed by atoms with Gasteiger partial charge in [0.15, 0.2) is 0 Å². The summed E-state index contributed by atoms with van der Waals surface area (Å²) < 4.78 is 8.33. The summed E-state index contributed by atoms with van der Waals surface area (Å²) >= 11 is 6.31. The van der Waals surface area contributed by atoms with Gasteiger partial charge in [-0.3, -0.25) is 4.79 Å². The molecule has 1 aliphatic heterocycles. The summed E-state index contributed by atoms with van der Waals surface area (Å²) in [6.07, 6.45) is 0.451. The first kappa shape index (κ1) is 23.4. The molecule has 6 heteroatoms. The minimum atomic E-state index is 0.0238. The lowest BCUT2D eigenvalue weighted by atomic mass is 10.1. The first-order valence-corrected chi connectivity index (χ1v) is 12.4. The predicted molar refractivity (Wildman–Crippen MR) is 142 cm³/mol. The van der Waals surface area contributed by atoms with Crippen LogP contribution < -0.4 is 9.64 Å². The average Bonchev–Trinajstić information content (AvgIpc) is 3.37. The molecule has 1 aliphatic rings. The standard InChI is InChI=1S/C29H30ClN3O2/c1-18-11-19(2)13-23(12-18)33-17-22(16-27(33)34)29-31-25-7-5-6-8-26(25)32(29)9-10-35-24-14-20(3)28(30)21(4)15-24/h5-8,11-15,22H,9-10,16-17H2,1-4H3. The molecule has 2 heterocycles. The number of rotatable bonds is 6. The van der Waals surface area contributed by atoms with Crippen molar-refractivity contribution >= 4 is 34.2 Å². The monoisotopic (exact) mass is 487 g/mol. The number of ether oxygens (including phenoxy) is 1. The number of benzene rings is 3. The molecule has 5 rings (SSSR count). The predicted octanol–water partition coefficient (Wildman–Crippen LogP) is 6.52. The van der Waals surface area contributed by atoms with Crippen LogP contribution in [0.3, 0.4) is 0 Å². The molecule has 3 aromatic carbocycles. The van der Waals surface area contributed by atoms with Crippen molar-refractivity contribution in [2.45, 2.75) is 46.6 Å². The molecule has 1 aromatic heterocycles. The number of hydrogen-bond donors (Lipinski definition) is 0. The summed E-state index contributed by atoms with van der Waals surface area (Å²) in [4.78, 5) is 19.9. The smallest absolute Gasteiger partial charge is 0.227 e. The summed E-state index contributed by atoms with van der Waals surface area (Å²) in [5.41, 5.74) is 7.30. The molecular weight excluding hydrogens is 458 g/mol. The summed E-state index contributed by atoms with van der Waals surface area (Å²) in [6, 6.07) is 18.4. The Bertz CT molecular complexity index is 1380. The van der Waals surface area contributed by atoms with Crippen LogP contribution in [0.25, 0.3) is 11.0 Å². The summed E-state index contributed by atoms with van der Waals surface area (Å²) in [5, 5.41) is 0.777. The molecule has 1 fully saturated rings. The fourth-order valence-corrected chi connectivity index (χ4v) is 5.23. The van der Waals surface area contributed by atoms with E-state index in [1.165, 1.54) is 0 Å². The second-order valence-corrected chi connectivity index (χ2v) is 9.96. The van der Waals surface area contributed by atoms with E-state index < -0.39 is 0 Å². The Labute approximate surface area is 211 Å². The molecule has 1 amide bonds. The largest absolute Gasteiger partial charge is 0.492 e. The van der Waals surface area contributed by atoms with Gasteiger partial charge in [-0.1, -0.05) is 29.8 Å². The highest BCUT2D eigenvalue weighted by Crippen LogP contribution is 2.34. The van der Waals surface area contributed by atoms with Gasteiger partial charge in [0.05, 0.1) is 17.6 Å². The molecule has 0 bridgehead atoms. The lowest BCUT2D eigenvalue weighted by Crippen LogP contribution is -2.25. The minimum absolute atomic E-state index is 0.0238. The SMILES string of the molecule is Cc1cc(C)cc(N2CC(c3nc4ccccc4n3CCOc3cc(C)c(Cl)c(C)c3)CC2=O)c1. The second-order valence-electron chi connectivity index (χ2n) is 9.58. The van der Waals surface area contributed by atoms with Gasteiger partial charge in [-0.25, -0.2) is 4.98 Å². The number of fused-ring (bicyclic) bond motifs is 1. The number of aryl methyl sites for hydroxylation is 4. The zero-order valence-corrected chi connectivity index (χ0v) is 21.4. The molecule has 5 nitrogen and oxygen atoms in total. The normalized spacial score (nSPS) is 15.9. The first-order valence-electron chi connectivity index (χ1n) is 12.0. The molecule has 0 aliphatic carbocycles. The molecule has 0 N–H and O–H groups in total. The van der Waals surface area contributed by atoms with E-state index in [0.29, 0.717) is 26.1 Å². The van der Waals surface area contributed by atoms with Gasteiger partial charge in [0.2, 0.25) is 5.91 Å². The van der Waals surface area contributed by atoms with Gasteiger partial charge in [-0.05, 0) is 86.3 Å². The molecule has 4 aromatic rings. The van der Waals surface area contributed by atoms with E-state index in [4.69, 9.17) is 21.3 Å². The van der Waals surface area contributed by atoms with E-state index in [1.807, 2.05) is 49.1 Å². The third-order valence-electron chi connectivity index (χ3n) is 6.69. The Kier molecular flexibility index (Phi) is 6.28. The van der Waals surface area contributed by atoms with Gasteiger partial charge in [-0.15, -0.1) is 0 Å². The Morgan fingerprint density at radius 2 is 1.69 bits per heavy atom. The third-order valence-corrected chi connectivity index (χ3v) is 7.28. The van der Waals surface area contributed by atoms with Crippen LogP contribution >= 0.6 is 11.6 Å². The molecule has 0 radical (unpaired) electrons. The number of halogens is 1. The minimum Gasteiger partial charge on any atom is -0.492 e. The average molecular weight is 488 g/mol. The van der Waals surface area contributed by atoms with Gasteiger partial charge in [0, 0.05) is 29.6 Å². The van der Waals surface area contributed by atoms with E-state index in [1.54, 1.807) is 0 Å². The van der Waals surface area contributed by atoms with Crippen LogP contribution in [0.2, 0.25) is 5.02 Å². The number of nitrogens with zero attached hydrogens (tertiary/aromatic N) is 3. The number of hydrogen-bond acceptors (Lipinski definition) is 3. The van der Waals surface area contributed by atoms with Crippen molar-refractivity contribution in [3.05, 3.63) is 87.7 Å². The Morgan fingerprint density at radius 1 is 1.00 bits per heavy atom. The van der Waals surface area contributed by atoms with E-state index in [9.17, 15) is 4.79 Å². The van der Waals surface area contributed by atoms with Crippen LogP contribution in [0.5, 0.6) is 5.75 Å². The molecular formula is C29H30ClN3O2. The molecule has 1 unspecified atom stereocenters. The fraction of sp³-hybridized carbons (Fsp3) is 0.310. The van der Waals surface area contributed by atoms with Crippen LogP contribution in [-0.4, -0.2) is 28.6 Å². The van der Waals surface area contributed by atoms with Gasteiger partial charge in [0.1, 0.15) is 18.2 Å². The topological polar surface area (TPSA) is 47.4 Å². The Balaban J connectivity index is 1.40. The number of aromatic nitrogens is 2.